The van der Waals surface area contributed by atoms with E-state index in [0.717, 1.165) is 59.3 Å². The van der Waals surface area contributed by atoms with Gasteiger partial charge in [-0.1, -0.05) is 23.7 Å². The summed E-state index contributed by atoms with van der Waals surface area (Å²) in [5, 5.41) is 5.11. The van der Waals surface area contributed by atoms with Crippen LogP contribution in [-0.4, -0.2) is 36.3 Å². The standard InChI is InChI=1S/C19H19ClN4O/c1-13-12-14(20)6-7-16(13)21-19-22-17-5-3-2-4-15(17)18(23-19)24-8-10-25-11-9-24/h2-7,12H,8-11H2,1H3,(H,21,22,23). The van der Waals surface area contributed by atoms with Gasteiger partial charge < -0.3 is 15.0 Å². The average molecular weight is 355 g/mol. The summed E-state index contributed by atoms with van der Waals surface area (Å²) in [6.45, 7) is 5.12. The molecule has 0 atom stereocenters. The van der Waals surface area contributed by atoms with Crippen molar-refractivity contribution < 1.29 is 4.74 Å². The fourth-order valence-electron chi connectivity index (χ4n) is 3.02. The molecule has 2 heterocycles. The number of rotatable bonds is 3. The first-order chi connectivity index (χ1) is 12.2. The predicted molar refractivity (Wildman–Crippen MR) is 102 cm³/mol. The van der Waals surface area contributed by atoms with Gasteiger partial charge in [0.05, 0.1) is 18.7 Å². The van der Waals surface area contributed by atoms with E-state index in [9.17, 15) is 0 Å². The summed E-state index contributed by atoms with van der Waals surface area (Å²) in [5.74, 6) is 1.54. The largest absolute Gasteiger partial charge is 0.378 e. The zero-order valence-electron chi connectivity index (χ0n) is 14.0. The molecule has 6 heteroatoms. The number of ether oxygens (including phenoxy) is 1. The molecule has 1 fully saturated rings. The van der Waals surface area contributed by atoms with Gasteiger partial charge in [0.2, 0.25) is 5.95 Å². The molecule has 1 aromatic heterocycles. The number of aryl methyl sites for hydroxylation is 1. The molecule has 0 aliphatic carbocycles. The van der Waals surface area contributed by atoms with Gasteiger partial charge in [0.25, 0.3) is 0 Å². The van der Waals surface area contributed by atoms with E-state index in [1.807, 2.05) is 43.3 Å². The Kier molecular flexibility index (Phi) is 4.42. The van der Waals surface area contributed by atoms with Crippen LogP contribution in [0, 0.1) is 6.92 Å². The Morgan fingerprint density at radius 2 is 1.88 bits per heavy atom. The van der Waals surface area contributed by atoms with Gasteiger partial charge in [-0.3, -0.25) is 0 Å². The number of hydrogen-bond acceptors (Lipinski definition) is 5. The van der Waals surface area contributed by atoms with Gasteiger partial charge in [-0.05, 0) is 42.8 Å². The van der Waals surface area contributed by atoms with Crippen LogP contribution >= 0.6 is 11.6 Å². The number of nitrogens with zero attached hydrogens (tertiary/aromatic N) is 3. The lowest BCUT2D eigenvalue weighted by atomic mass is 10.2. The van der Waals surface area contributed by atoms with Gasteiger partial charge in [-0.2, -0.15) is 4.98 Å². The molecule has 0 bridgehead atoms. The molecule has 5 nitrogen and oxygen atoms in total. The van der Waals surface area contributed by atoms with Crippen molar-refractivity contribution in [1.29, 1.82) is 0 Å². The number of anilines is 3. The summed E-state index contributed by atoms with van der Waals surface area (Å²) in [4.78, 5) is 11.7. The van der Waals surface area contributed by atoms with Crippen molar-refractivity contribution in [2.45, 2.75) is 6.92 Å². The number of benzene rings is 2. The van der Waals surface area contributed by atoms with E-state index < -0.39 is 0 Å². The van der Waals surface area contributed by atoms with Crippen molar-refractivity contribution in [3.63, 3.8) is 0 Å². The molecule has 0 radical (unpaired) electrons. The molecular weight excluding hydrogens is 336 g/mol. The summed E-state index contributed by atoms with van der Waals surface area (Å²) in [6, 6.07) is 13.8. The van der Waals surface area contributed by atoms with E-state index in [1.54, 1.807) is 0 Å². The average Bonchev–Trinajstić information content (AvgIpc) is 2.64. The second-order valence-electron chi connectivity index (χ2n) is 6.07. The predicted octanol–water partition coefficient (Wildman–Crippen LogP) is 4.17. The molecule has 0 spiro atoms. The van der Waals surface area contributed by atoms with Crippen molar-refractivity contribution in [2.75, 3.05) is 36.5 Å². The van der Waals surface area contributed by atoms with Crippen molar-refractivity contribution in [1.82, 2.24) is 9.97 Å². The van der Waals surface area contributed by atoms with Crippen molar-refractivity contribution in [3.05, 3.63) is 53.1 Å². The van der Waals surface area contributed by atoms with Gasteiger partial charge in [0, 0.05) is 29.2 Å². The zero-order chi connectivity index (χ0) is 17.2. The van der Waals surface area contributed by atoms with Crippen LogP contribution in [-0.2, 0) is 4.74 Å². The van der Waals surface area contributed by atoms with Crippen molar-refractivity contribution in [3.8, 4) is 0 Å². The molecule has 0 saturated carbocycles. The number of nitrogens with one attached hydrogen (secondary N) is 1. The molecule has 4 rings (SSSR count). The lowest BCUT2D eigenvalue weighted by Gasteiger charge is -2.29. The maximum atomic E-state index is 6.05. The molecule has 1 N–H and O–H groups in total. The molecule has 1 aliphatic rings. The van der Waals surface area contributed by atoms with E-state index >= 15 is 0 Å². The summed E-state index contributed by atoms with van der Waals surface area (Å²) in [5.41, 5.74) is 2.93. The van der Waals surface area contributed by atoms with Crippen LogP contribution in [0.25, 0.3) is 10.9 Å². The van der Waals surface area contributed by atoms with E-state index in [-0.39, 0.29) is 0 Å². The van der Waals surface area contributed by atoms with E-state index in [1.165, 1.54) is 0 Å². The number of morpholine rings is 1. The zero-order valence-corrected chi connectivity index (χ0v) is 14.8. The first kappa shape index (κ1) is 16.1. The van der Waals surface area contributed by atoms with Crippen molar-refractivity contribution in [2.24, 2.45) is 0 Å². The highest BCUT2D eigenvalue weighted by Gasteiger charge is 2.17. The summed E-state index contributed by atoms with van der Waals surface area (Å²) < 4.78 is 5.47. The molecule has 128 valence electrons. The first-order valence-electron chi connectivity index (χ1n) is 8.33. The van der Waals surface area contributed by atoms with Gasteiger partial charge in [0.1, 0.15) is 5.82 Å². The quantitative estimate of drug-likeness (QED) is 0.765. The Morgan fingerprint density at radius 1 is 1.08 bits per heavy atom. The van der Waals surface area contributed by atoms with E-state index in [2.05, 4.69) is 21.3 Å². The smallest absolute Gasteiger partial charge is 0.229 e. The van der Waals surface area contributed by atoms with E-state index in [4.69, 9.17) is 21.3 Å². The Labute approximate surface area is 151 Å². The topological polar surface area (TPSA) is 50.3 Å². The third-order valence-electron chi connectivity index (χ3n) is 4.33. The molecule has 0 unspecified atom stereocenters. The van der Waals surface area contributed by atoms with Crippen LogP contribution in [0.15, 0.2) is 42.5 Å². The minimum absolute atomic E-state index is 0.589. The maximum absolute atomic E-state index is 6.05. The lowest BCUT2D eigenvalue weighted by molar-refractivity contribution is 0.122. The molecular formula is C19H19ClN4O. The highest BCUT2D eigenvalue weighted by Crippen LogP contribution is 2.28. The van der Waals surface area contributed by atoms with Crippen molar-refractivity contribution >= 4 is 40.0 Å². The Balaban J connectivity index is 1.76. The normalized spacial score (nSPS) is 14.7. The number of halogens is 1. The summed E-state index contributed by atoms with van der Waals surface area (Å²) >= 11 is 6.05. The highest BCUT2D eigenvalue weighted by atomic mass is 35.5. The van der Waals surface area contributed by atoms with Crippen LogP contribution in [0.5, 0.6) is 0 Å². The fourth-order valence-corrected chi connectivity index (χ4v) is 3.25. The second kappa shape index (κ2) is 6.86. The second-order valence-corrected chi connectivity index (χ2v) is 6.51. The number of para-hydroxylation sites is 1. The summed E-state index contributed by atoms with van der Waals surface area (Å²) in [6.07, 6.45) is 0. The first-order valence-corrected chi connectivity index (χ1v) is 8.71. The van der Waals surface area contributed by atoms with Gasteiger partial charge in [-0.25, -0.2) is 4.98 Å². The van der Waals surface area contributed by atoms with E-state index in [0.29, 0.717) is 5.95 Å². The monoisotopic (exact) mass is 354 g/mol. The minimum Gasteiger partial charge on any atom is -0.378 e. The highest BCUT2D eigenvalue weighted by molar-refractivity contribution is 6.30. The van der Waals surface area contributed by atoms with Crippen LogP contribution in [0.3, 0.4) is 0 Å². The summed E-state index contributed by atoms with van der Waals surface area (Å²) in [7, 11) is 0. The molecule has 2 aromatic carbocycles. The van der Waals surface area contributed by atoms with Crippen LogP contribution in [0.1, 0.15) is 5.56 Å². The molecule has 0 amide bonds. The van der Waals surface area contributed by atoms with Crippen LogP contribution < -0.4 is 10.2 Å². The number of aromatic nitrogens is 2. The lowest BCUT2D eigenvalue weighted by Crippen LogP contribution is -2.37. The molecule has 3 aromatic rings. The SMILES string of the molecule is Cc1cc(Cl)ccc1Nc1nc(N2CCOCC2)c2ccccc2n1. The Morgan fingerprint density at radius 3 is 2.68 bits per heavy atom. The molecule has 1 aliphatic heterocycles. The third-order valence-corrected chi connectivity index (χ3v) is 4.56. The molecule has 25 heavy (non-hydrogen) atoms. The third kappa shape index (κ3) is 3.38. The maximum Gasteiger partial charge on any atom is 0.229 e. The Bertz CT molecular complexity index is 909. The molecule has 1 saturated heterocycles. The van der Waals surface area contributed by atoms with Gasteiger partial charge in [0.15, 0.2) is 0 Å². The van der Waals surface area contributed by atoms with Crippen LogP contribution in [0.2, 0.25) is 5.02 Å². The Hall–Kier alpha value is -2.37. The van der Waals surface area contributed by atoms with Gasteiger partial charge in [-0.15, -0.1) is 0 Å². The van der Waals surface area contributed by atoms with Gasteiger partial charge >= 0.3 is 0 Å². The fraction of sp³-hybridized carbons (Fsp3) is 0.263. The number of hydrogen-bond donors (Lipinski definition) is 1. The van der Waals surface area contributed by atoms with Crippen LogP contribution in [0.4, 0.5) is 17.5 Å². The number of fused-ring (bicyclic) bond motifs is 1. The minimum atomic E-state index is 0.589.